The number of hydrogen-bond donors (Lipinski definition) is 1. The Morgan fingerprint density at radius 3 is 2.74 bits per heavy atom. The number of rotatable bonds is 3. The van der Waals surface area contributed by atoms with E-state index < -0.39 is 5.60 Å². The van der Waals surface area contributed by atoms with Crippen LogP contribution in [0.5, 0.6) is 0 Å². The third-order valence-corrected chi connectivity index (χ3v) is 6.04. The maximum Gasteiger partial charge on any atom is 0.410 e. The highest BCUT2D eigenvalue weighted by molar-refractivity contribution is 7.99. The summed E-state index contributed by atoms with van der Waals surface area (Å²) in [5, 5.41) is 3.76. The van der Waals surface area contributed by atoms with Crippen molar-refractivity contribution in [1.82, 2.24) is 10.2 Å². The van der Waals surface area contributed by atoms with Gasteiger partial charge in [0.1, 0.15) is 5.60 Å². The number of carbonyl (C=O) groups excluding carboxylic acids is 1. The van der Waals surface area contributed by atoms with Gasteiger partial charge in [-0.2, -0.15) is 11.8 Å². The summed E-state index contributed by atoms with van der Waals surface area (Å²) < 4.78 is 5.60. The lowest BCUT2D eigenvalue weighted by Crippen LogP contribution is -2.54. The van der Waals surface area contributed by atoms with Crippen LogP contribution >= 0.6 is 11.8 Å². The minimum atomic E-state index is -0.422. The normalized spacial score (nSPS) is 28.5. The molecule has 0 spiro atoms. The third kappa shape index (κ3) is 5.56. The summed E-state index contributed by atoms with van der Waals surface area (Å²) in [5.41, 5.74) is -0.0782. The van der Waals surface area contributed by atoms with Gasteiger partial charge in [0.15, 0.2) is 0 Å². The molecule has 0 bridgehead atoms. The number of nitrogens with zero attached hydrogens (tertiary/aromatic N) is 1. The molecule has 0 aromatic rings. The zero-order chi connectivity index (χ0) is 17.1. The predicted octanol–water partition coefficient (Wildman–Crippen LogP) is 3.90. The Kier molecular flexibility index (Phi) is 6.28. The van der Waals surface area contributed by atoms with Gasteiger partial charge < -0.3 is 15.0 Å². The molecular weight excluding hydrogens is 308 g/mol. The highest BCUT2D eigenvalue weighted by Crippen LogP contribution is 2.34. The quantitative estimate of drug-likeness (QED) is 0.845. The van der Waals surface area contributed by atoms with Crippen molar-refractivity contribution >= 4 is 17.9 Å². The highest BCUT2D eigenvalue weighted by Gasteiger charge is 2.35. The van der Waals surface area contributed by atoms with Crippen LogP contribution in [0.3, 0.4) is 0 Å². The van der Waals surface area contributed by atoms with Crippen molar-refractivity contribution in [3.63, 3.8) is 0 Å². The van der Waals surface area contributed by atoms with E-state index in [9.17, 15) is 4.79 Å². The van der Waals surface area contributed by atoms with Crippen LogP contribution in [0.15, 0.2) is 0 Å². The molecule has 2 rings (SSSR count). The molecule has 2 atom stereocenters. The minimum absolute atomic E-state index is 0.152. The molecule has 0 saturated carbocycles. The average molecular weight is 343 g/mol. The number of likely N-dealkylation sites (tertiary alicyclic amines) is 1. The fraction of sp³-hybridized carbons (Fsp3) is 0.944. The Hall–Kier alpha value is -0.420. The monoisotopic (exact) mass is 342 g/mol. The van der Waals surface area contributed by atoms with Gasteiger partial charge in [0.25, 0.3) is 0 Å². The zero-order valence-corrected chi connectivity index (χ0v) is 16.3. The molecule has 23 heavy (non-hydrogen) atoms. The molecule has 1 amide bonds. The van der Waals surface area contributed by atoms with Crippen molar-refractivity contribution in [2.24, 2.45) is 5.41 Å². The van der Waals surface area contributed by atoms with Gasteiger partial charge in [0, 0.05) is 30.9 Å². The van der Waals surface area contributed by atoms with E-state index in [0.29, 0.717) is 11.5 Å². The number of carbonyl (C=O) groups is 1. The maximum absolute atomic E-state index is 12.5. The van der Waals surface area contributed by atoms with Crippen LogP contribution in [-0.4, -0.2) is 53.3 Å². The fourth-order valence-electron chi connectivity index (χ4n) is 3.32. The highest BCUT2D eigenvalue weighted by atomic mass is 32.2. The Balaban J connectivity index is 1.92. The first kappa shape index (κ1) is 18.9. The Morgan fingerprint density at radius 2 is 2.09 bits per heavy atom. The summed E-state index contributed by atoms with van der Waals surface area (Å²) >= 11 is 2.04. The van der Waals surface area contributed by atoms with E-state index in [2.05, 4.69) is 19.2 Å². The van der Waals surface area contributed by atoms with Gasteiger partial charge in [-0.25, -0.2) is 4.79 Å². The van der Waals surface area contributed by atoms with Gasteiger partial charge in [0.2, 0.25) is 0 Å². The lowest BCUT2D eigenvalue weighted by Gasteiger charge is -2.42. The number of amides is 1. The van der Waals surface area contributed by atoms with E-state index >= 15 is 0 Å². The van der Waals surface area contributed by atoms with Crippen LogP contribution in [0.1, 0.15) is 60.3 Å². The van der Waals surface area contributed by atoms with Gasteiger partial charge in [0.05, 0.1) is 0 Å². The molecule has 134 valence electrons. The Bertz CT molecular complexity index is 406. The largest absolute Gasteiger partial charge is 0.444 e. The fourth-order valence-corrected chi connectivity index (χ4v) is 4.97. The molecule has 2 aliphatic rings. The van der Waals surface area contributed by atoms with Crippen LogP contribution in [0.25, 0.3) is 0 Å². The molecule has 0 aromatic heterocycles. The molecule has 5 heteroatoms. The molecule has 2 aliphatic heterocycles. The van der Waals surface area contributed by atoms with Gasteiger partial charge >= 0.3 is 6.09 Å². The number of piperidine rings is 1. The second kappa shape index (κ2) is 7.64. The van der Waals surface area contributed by atoms with Crippen LogP contribution < -0.4 is 5.32 Å². The van der Waals surface area contributed by atoms with Crippen molar-refractivity contribution in [3.05, 3.63) is 0 Å². The van der Waals surface area contributed by atoms with E-state index in [1.54, 1.807) is 0 Å². The molecule has 0 aliphatic carbocycles. The summed E-state index contributed by atoms with van der Waals surface area (Å²) in [5.74, 6) is 2.44. The van der Waals surface area contributed by atoms with Crippen molar-refractivity contribution in [1.29, 1.82) is 0 Å². The van der Waals surface area contributed by atoms with Crippen molar-refractivity contribution in [2.75, 3.05) is 24.6 Å². The second-order valence-corrected chi connectivity index (χ2v) is 9.75. The molecule has 1 N–H and O–H groups in total. The summed E-state index contributed by atoms with van der Waals surface area (Å²) in [6, 6.07) is 0.796. The predicted molar refractivity (Wildman–Crippen MR) is 98.1 cm³/mol. The Morgan fingerprint density at radius 1 is 1.35 bits per heavy atom. The first-order valence-corrected chi connectivity index (χ1v) is 10.2. The van der Waals surface area contributed by atoms with E-state index in [1.165, 1.54) is 24.3 Å². The number of hydrogen-bond acceptors (Lipinski definition) is 4. The van der Waals surface area contributed by atoms with Crippen molar-refractivity contribution in [3.8, 4) is 0 Å². The van der Waals surface area contributed by atoms with Crippen molar-refractivity contribution in [2.45, 2.75) is 78.0 Å². The molecule has 4 nitrogen and oxygen atoms in total. The van der Waals surface area contributed by atoms with Crippen LogP contribution in [0, 0.1) is 5.41 Å². The molecule has 0 radical (unpaired) electrons. The standard InChI is InChI=1S/C18H34N2O2S/c1-17(2,3)22-16(21)20-10-7-6-8-14(20)12-19-15-13-23-11-9-18(15,4)5/h14-15,19H,6-13H2,1-5H3. The molecule has 2 fully saturated rings. The van der Waals surface area contributed by atoms with E-state index in [-0.39, 0.29) is 12.1 Å². The van der Waals surface area contributed by atoms with Crippen LogP contribution in [0.2, 0.25) is 0 Å². The number of nitrogens with one attached hydrogen (secondary N) is 1. The molecule has 2 heterocycles. The second-order valence-electron chi connectivity index (χ2n) is 8.60. The van der Waals surface area contributed by atoms with E-state index in [1.807, 2.05) is 37.4 Å². The van der Waals surface area contributed by atoms with Gasteiger partial charge in [-0.3, -0.25) is 0 Å². The first-order chi connectivity index (χ1) is 10.7. The van der Waals surface area contributed by atoms with Crippen LogP contribution in [0.4, 0.5) is 4.79 Å². The van der Waals surface area contributed by atoms with E-state index in [0.717, 1.165) is 25.9 Å². The summed E-state index contributed by atoms with van der Waals surface area (Å²) in [6.45, 7) is 12.2. The topological polar surface area (TPSA) is 41.6 Å². The van der Waals surface area contributed by atoms with E-state index in [4.69, 9.17) is 4.74 Å². The molecule has 2 unspecified atom stereocenters. The van der Waals surface area contributed by atoms with Gasteiger partial charge in [-0.05, 0) is 57.6 Å². The summed E-state index contributed by atoms with van der Waals surface area (Å²) in [4.78, 5) is 14.4. The summed E-state index contributed by atoms with van der Waals surface area (Å²) in [7, 11) is 0. The summed E-state index contributed by atoms with van der Waals surface area (Å²) in [6.07, 6.45) is 4.47. The van der Waals surface area contributed by atoms with Crippen LogP contribution in [-0.2, 0) is 4.74 Å². The lowest BCUT2D eigenvalue weighted by atomic mass is 9.82. The number of ether oxygens (including phenoxy) is 1. The Labute approximate surface area is 146 Å². The van der Waals surface area contributed by atoms with Crippen molar-refractivity contribution < 1.29 is 9.53 Å². The average Bonchev–Trinajstić information content (AvgIpc) is 2.44. The smallest absolute Gasteiger partial charge is 0.410 e. The minimum Gasteiger partial charge on any atom is -0.444 e. The molecule has 0 aromatic carbocycles. The number of thioether (sulfide) groups is 1. The zero-order valence-electron chi connectivity index (χ0n) is 15.5. The maximum atomic E-state index is 12.5. The first-order valence-electron chi connectivity index (χ1n) is 9.00. The lowest BCUT2D eigenvalue weighted by molar-refractivity contribution is 0.00924. The van der Waals surface area contributed by atoms with Gasteiger partial charge in [-0.1, -0.05) is 13.8 Å². The van der Waals surface area contributed by atoms with Gasteiger partial charge in [-0.15, -0.1) is 0 Å². The third-order valence-electron chi connectivity index (χ3n) is 4.97. The SMILES string of the molecule is CC(C)(C)OC(=O)N1CCCCC1CNC1CSCCC1(C)C. The molecule has 2 saturated heterocycles. The molecular formula is C18H34N2O2S.